The van der Waals surface area contributed by atoms with Gasteiger partial charge in [-0.25, -0.2) is 8.78 Å². The zero-order valence-electron chi connectivity index (χ0n) is 4.27. The molecule has 0 nitrogen and oxygen atoms in total. The minimum atomic E-state index is -0.977. The highest BCUT2D eigenvalue weighted by Crippen LogP contribution is 2.12. The van der Waals surface area contributed by atoms with E-state index >= 15 is 0 Å². The van der Waals surface area contributed by atoms with Crippen molar-refractivity contribution in [2.45, 2.75) is 12.6 Å². The Morgan fingerprint density at radius 2 is 2.38 bits per heavy atom. The van der Waals surface area contributed by atoms with E-state index in [9.17, 15) is 8.78 Å². The third-order valence-corrected chi connectivity index (χ3v) is 1.00. The van der Waals surface area contributed by atoms with Crippen LogP contribution in [-0.2, 0) is 0 Å². The molecule has 8 heavy (non-hydrogen) atoms. The van der Waals surface area contributed by atoms with Gasteiger partial charge in [0.05, 0.1) is 0 Å². The third kappa shape index (κ3) is 1.15. The topological polar surface area (TPSA) is 0 Å². The van der Waals surface area contributed by atoms with Gasteiger partial charge >= 0.3 is 0 Å². The highest BCUT2D eigenvalue weighted by atomic mass is 19.1. The van der Waals surface area contributed by atoms with Crippen molar-refractivity contribution in [3.63, 3.8) is 0 Å². The first-order chi connectivity index (χ1) is 3.79. The van der Waals surface area contributed by atoms with Gasteiger partial charge in [0.25, 0.3) is 0 Å². The SMILES string of the molecule is FC1=CC[C@@H](F)C=C1. The summed E-state index contributed by atoms with van der Waals surface area (Å²) in [6, 6.07) is 0. The first-order valence-electron chi connectivity index (χ1n) is 2.47. The Balaban J connectivity index is 2.58. The summed E-state index contributed by atoms with van der Waals surface area (Å²) in [5.41, 5.74) is 0. The van der Waals surface area contributed by atoms with Crippen LogP contribution in [0.25, 0.3) is 0 Å². The van der Waals surface area contributed by atoms with Gasteiger partial charge in [-0.05, 0) is 18.2 Å². The van der Waals surface area contributed by atoms with Gasteiger partial charge in [-0.1, -0.05) is 0 Å². The van der Waals surface area contributed by atoms with E-state index in [2.05, 4.69) is 0 Å². The molecule has 1 aliphatic rings. The lowest BCUT2D eigenvalue weighted by molar-refractivity contribution is 0.396. The highest BCUT2D eigenvalue weighted by molar-refractivity contribution is 5.17. The molecular weight excluding hydrogens is 110 g/mol. The smallest absolute Gasteiger partial charge is 0.122 e. The van der Waals surface area contributed by atoms with Gasteiger partial charge in [-0.3, -0.25) is 0 Å². The molecule has 0 aromatic rings. The third-order valence-electron chi connectivity index (χ3n) is 1.00. The molecule has 0 spiro atoms. The molecule has 0 fully saturated rings. The summed E-state index contributed by atoms with van der Waals surface area (Å²) in [5.74, 6) is -0.334. The van der Waals surface area contributed by atoms with Crippen LogP contribution in [0, 0.1) is 0 Å². The predicted molar refractivity (Wildman–Crippen MR) is 27.8 cm³/mol. The van der Waals surface area contributed by atoms with Gasteiger partial charge in [0.15, 0.2) is 0 Å². The first kappa shape index (κ1) is 5.48. The molecule has 44 valence electrons. The molecule has 0 N–H and O–H groups in total. The second-order valence-electron chi connectivity index (χ2n) is 1.70. The molecule has 0 saturated carbocycles. The maximum Gasteiger partial charge on any atom is 0.122 e. The summed E-state index contributed by atoms with van der Waals surface area (Å²) in [7, 11) is 0. The van der Waals surface area contributed by atoms with Crippen molar-refractivity contribution in [2.75, 3.05) is 0 Å². The van der Waals surface area contributed by atoms with E-state index in [0.717, 1.165) is 6.08 Å². The van der Waals surface area contributed by atoms with Crippen molar-refractivity contribution in [3.8, 4) is 0 Å². The summed E-state index contributed by atoms with van der Waals surface area (Å²) >= 11 is 0. The number of hydrogen-bond acceptors (Lipinski definition) is 0. The zero-order chi connectivity index (χ0) is 5.98. The van der Waals surface area contributed by atoms with Crippen LogP contribution in [0.15, 0.2) is 24.1 Å². The largest absolute Gasteiger partial charge is 0.243 e. The zero-order valence-corrected chi connectivity index (χ0v) is 4.27. The fraction of sp³-hybridized carbons (Fsp3) is 0.333. The summed E-state index contributed by atoms with van der Waals surface area (Å²) in [4.78, 5) is 0. The summed E-state index contributed by atoms with van der Waals surface area (Å²) in [6.45, 7) is 0. The quantitative estimate of drug-likeness (QED) is 0.454. The molecule has 0 amide bonds. The van der Waals surface area contributed by atoms with Crippen LogP contribution in [0.1, 0.15) is 6.42 Å². The van der Waals surface area contributed by atoms with E-state index in [0.29, 0.717) is 0 Å². The van der Waals surface area contributed by atoms with Gasteiger partial charge in [0.2, 0.25) is 0 Å². The maximum absolute atomic E-state index is 12.1. The molecule has 0 heterocycles. The van der Waals surface area contributed by atoms with Crippen LogP contribution in [0.2, 0.25) is 0 Å². The number of alkyl halides is 1. The molecule has 0 aromatic heterocycles. The Hall–Kier alpha value is -0.660. The lowest BCUT2D eigenvalue weighted by Gasteiger charge is -2.01. The normalized spacial score (nSPS) is 27.8. The van der Waals surface area contributed by atoms with Crippen LogP contribution < -0.4 is 0 Å². The number of hydrogen-bond donors (Lipinski definition) is 0. The van der Waals surface area contributed by atoms with Crippen LogP contribution in [0.5, 0.6) is 0 Å². The Kier molecular flexibility index (Phi) is 1.42. The molecular formula is C6H6F2. The Bertz CT molecular complexity index is 135. The number of allylic oxidation sites excluding steroid dienone is 4. The second kappa shape index (κ2) is 2.07. The first-order valence-corrected chi connectivity index (χ1v) is 2.47. The summed E-state index contributed by atoms with van der Waals surface area (Å²) < 4.78 is 24.0. The standard InChI is InChI=1S/C6H6F2/c7-5-1-2-6(8)4-3-5/h1-3,6H,4H2/t6-/m0/s1. The van der Waals surface area contributed by atoms with E-state index < -0.39 is 6.17 Å². The van der Waals surface area contributed by atoms with Crippen molar-refractivity contribution in [1.29, 1.82) is 0 Å². The minimum Gasteiger partial charge on any atom is -0.243 e. The van der Waals surface area contributed by atoms with E-state index in [1.165, 1.54) is 12.2 Å². The van der Waals surface area contributed by atoms with Crippen molar-refractivity contribution in [3.05, 3.63) is 24.1 Å². The molecule has 0 bridgehead atoms. The average Bonchev–Trinajstić information content (AvgIpc) is 1.77. The Morgan fingerprint density at radius 3 is 2.75 bits per heavy atom. The lowest BCUT2D eigenvalue weighted by Crippen LogP contribution is -1.95. The van der Waals surface area contributed by atoms with Gasteiger partial charge in [-0.2, -0.15) is 0 Å². The van der Waals surface area contributed by atoms with Crippen molar-refractivity contribution in [1.82, 2.24) is 0 Å². The van der Waals surface area contributed by atoms with Crippen LogP contribution in [-0.4, -0.2) is 6.17 Å². The van der Waals surface area contributed by atoms with E-state index in [-0.39, 0.29) is 12.2 Å². The monoisotopic (exact) mass is 116 g/mol. The highest BCUT2D eigenvalue weighted by Gasteiger charge is 2.03. The molecule has 1 aliphatic carbocycles. The number of halogens is 2. The summed E-state index contributed by atoms with van der Waals surface area (Å²) in [6.07, 6.45) is 2.81. The molecule has 0 unspecified atom stereocenters. The van der Waals surface area contributed by atoms with Gasteiger partial charge in [0.1, 0.15) is 12.0 Å². The fourth-order valence-corrected chi connectivity index (χ4v) is 0.568. The molecule has 2 heteroatoms. The Morgan fingerprint density at radius 1 is 1.62 bits per heavy atom. The van der Waals surface area contributed by atoms with Crippen molar-refractivity contribution < 1.29 is 8.78 Å². The molecule has 0 saturated heterocycles. The van der Waals surface area contributed by atoms with E-state index in [1.807, 2.05) is 0 Å². The fourth-order valence-electron chi connectivity index (χ4n) is 0.568. The van der Waals surface area contributed by atoms with E-state index in [1.54, 1.807) is 0 Å². The van der Waals surface area contributed by atoms with Gasteiger partial charge in [-0.15, -0.1) is 0 Å². The predicted octanol–water partition coefficient (Wildman–Crippen LogP) is 2.14. The van der Waals surface area contributed by atoms with Crippen LogP contribution in [0.3, 0.4) is 0 Å². The van der Waals surface area contributed by atoms with E-state index in [4.69, 9.17) is 0 Å². The van der Waals surface area contributed by atoms with Crippen LogP contribution in [0.4, 0.5) is 8.78 Å². The van der Waals surface area contributed by atoms with Gasteiger partial charge < -0.3 is 0 Å². The van der Waals surface area contributed by atoms with Crippen molar-refractivity contribution in [2.24, 2.45) is 0 Å². The van der Waals surface area contributed by atoms with Crippen LogP contribution >= 0.6 is 0 Å². The summed E-state index contributed by atoms with van der Waals surface area (Å²) in [5, 5.41) is 0. The molecule has 1 atom stereocenters. The van der Waals surface area contributed by atoms with Crippen molar-refractivity contribution >= 4 is 0 Å². The minimum absolute atomic E-state index is 0.183. The van der Waals surface area contributed by atoms with Gasteiger partial charge in [0, 0.05) is 6.42 Å². The lowest BCUT2D eigenvalue weighted by atomic mass is 10.1. The molecule has 1 rings (SSSR count). The maximum atomic E-state index is 12.1. The molecule has 0 aromatic carbocycles. The Labute approximate surface area is 46.5 Å². The average molecular weight is 116 g/mol. The molecule has 0 aliphatic heterocycles. The number of rotatable bonds is 0. The molecule has 0 radical (unpaired) electrons. The second-order valence-corrected chi connectivity index (χ2v) is 1.70.